The molecule has 0 saturated carbocycles. The number of nitrogens with one attached hydrogen (secondary N) is 2. The van der Waals surface area contributed by atoms with Gasteiger partial charge in [-0.1, -0.05) is 42.0 Å². The molecule has 0 aliphatic rings. The molecule has 0 aliphatic heterocycles. The Labute approximate surface area is 206 Å². The zero-order valence-electron chi connectivity index (χ0n) is 18.9. The minimum absolute atomic E-state index is 0.244. The summed E-state index contributed by atoms with van der Waals surface area (Å²) < 4.78 is 5.35. The van der Waals surface area contributed by atoms with Gasteiger partial charge in [0, 0.05) is 27.8 Å². The van der Waals surface area contributed by atoms with Crippen molar-refractivity contribution in [3.05, 3.63) is 94.9 Å². The Morgan fingerprint density at radius 3 is 2.54 bits per heavy atom. The third-order valence-electron chi connectivity index (χ3n) is 4.91. The van der Waals surface area contributed by atoms with Gasteiger partial charge in [0.05, 0.1) is 11.9 Å². The zero-order valence-corrected chi connectivity index (χ0v) is 19.7. The minimum Gasteiger partial charge on any atom is -0.483 e. The molecule has 9 heteroatoms. The first kappa shape index (κ1) is 23.7. The van der Waals surface area contributed by atoms with Crippen LogP contribution in [0.5, 0.6) is 5.75 Å². The quantitative estimate of drug-likeness (QED) is 0.238. The third-order valence-corrected chi connectivity index (χ3v) is 5.67. The maximum atomic E-state index is 12.5. The predicted molar refractivity (Wildman–Crippen MR) is 138 cm³/mol. The molecular weight excluding hydrogens is 462 g/mol. The maximum Gasteiger partial charge on any atom is 0.271 e. The molecule has 0 fully saturated rings. The number of aryl methyl sites for hydroxylation is 1. The fourth-order valence-corrected chi connectivity index (χ4v) is 3.85. The van der Waals surface area contributed by atoms with Gasteiger partial charge in [-0.15, -0.1) is 11.3 Å². The molecule has 0 aliphatic carbocycles. The number of hydrogen-bond acceptors (Lipinski definition) is 7. The first-order valence-corrected chi connectivity index (χ1v) is 11.6. The zero-order chi connectivity index (χ0) is 24.6. The lowest BCUT2D eigenvalue weighted by Crippen LogP contribution is -2.20. The molecule has 1 aromatic heterocycles. The first-order valence-electron chi connectivity index (χ1n) is 10.7. The molecule has 0 atom stereocenters. The van der Waals surface area contributed by atoms with Crippen LogP contribution in [0.2, 0.25) is 0 Å². The fraction of sp³-hybridized carbons (Fsp3) is 0.0769. The highest BCUT2D eigenvalue weighted by molar-refractivity contribution is 7.14. The molecule has 0 unspecified atom stereocenters. The van der Waals surface area contributed by atoms with Gasteiger partial charge in [0.15, 0.2) is 11.7 Å². The lowest BCUT2D eigenvalue weighted by molar-refractivity contribution is -0.119. The van der Waals surface area contributed by atoms with Crippen LogP contribution in [0.15, 0.2) is 83.3 Å². The number of amides is 2. The molecule has 8 nitrogen and oxygen atoms in total. The number of para-hydroxylation sites is 1. The summed E-state index contributed by atoms with van der Waals surface area (Å²) in [6.07, 6.45) is 1.44. The van der Waals surface area contributed by atoms with E-state index in [1.807, 2.05) is 48.7 Å². The Hall–Kier alpha value is -4.50. The number of hydrazone groups is 1. The number of thiazole rings is 1. The Morgan fingerprint density at radius 1 is 1.06 bits per heavy atom. The molecular formula is C26H23N5O3S. The van der Waals surface area contributed by atoms with Crippen molar-refractivity contribution < 1.29 is 14.3 Å². The van der Waals surface area contributed by atoms with Gasteiger partial charge in [0.25, 0.3) is 11.8 Å². The van der Waals surface area contributed by atoms with E-state index in [1.165, 1.54) is 23.1 Å². The molecule has 35 heavy (non-hydrogen) atoms. The third kappa shape index (κ3) is 6.52. The lowest BCUT2D eigenvalue weighted by Gasteiger charge is -2.06. The van der Waals surface area contributed by atoms with Gasteiger partial charge in [0.1, 0.15) is 5.75 Å². The van der Waals surface area contributed by atoms with Crippen LogP contribution in [-0.2, 0) is 4.79 Å². The second-order valence-electron chi connectivity index (χ2n) is 7.60. The summed E-state index contributed by atoms with van der Waals surface area (Å²) in [7, 11) is 0. The van der Waals surface area contributed by atoms with Gasteiger partial charge in [-0.2, -0.15) is 5.10 Å². The Balaban J connectivity index is 1.36. The first-order chi connectivity index (χ1) is 17.0. The van der Waals surface area contributed by atoms with Crippen molar-refractivity contribution in [1.82, 2.24) is 10.4 Å². The molecule has 4 aromatic rings. The van der Waals surface area contributed by atoms with E-state index in [9.17, 15) is 9.59 Å². The topological polar surface area (TPSA) is 119 Å². The van der Waals surface area contributed by atoms with Crippen LogP contribution >= 0.6 is 11.3 Å². The normalized spacial score (nSPS) is 10.8. The summed E-state index contributed by atoms with van der Waals surface area (Å²) in [5.74, 6) is -0.499. The SMILES string of the molecule is Cc1ccc(Nc2nc(-c3ccc(C(=O)N/N=C/c4ccccc4OCC(N)=O)cc3)cs2)cc1. The highest BCUT2D eigenvalue weighted by Crippen LogP contribution is 2.27. The van der Waals surface area contributed by atoms with Crippen LogP contribution in [0.4, 0.5) is 10.8 Å². The number of aromatic nitrogens is 1. The van der Waals surface area contributed by atoms with E-state index >= 15 is 0 Å². The summed E-state index contributed by atoms with van der Waals surface area (Å²) in [4.78, 5) is 28.1. The van der Waals surface area contributed by atoms with Crippen molar-refractivity contribution in [2.75, 3.05) is 11.9 Å². The number of hydrogen-bond donors (Lipinski definition) is 3. The molecule has 3 aromatic carbocycles. The van der Waals surface area contributed by atoms with E-state index in [2.05, 4.69) is 20.8 Å². The number of ether oxygens (including phenoxy) is 1. The van der Waals surface area contributed by atoms with E-state index in [-0.39, 0.29) is 12.5 Å². The number of nitrogens with two attached hydrogens (primary N) is 1. The highest BCUT2D eigenvalue weighted by atomic mass is 32.1. The Kier molecular flexibility index (Phi) is 7.49. The van der Waals surface area contributed by atoms with Gasteiger partial charge in [-0.3, -0.25) is 9.59 Å². The summed E-state index contributed by atoms with van der Waals surface area (Å²) >= 11 is 1.51. The second-order valence-corrected chi connectivity index (χ2v) is 8.46. The van der Waals surface area contributed by atoms with E-state index in [4.69, 9.17) is 10.5 Å². The van der Waals surface area contributed by atoms with E-state index < -0.39 is 5.91 Å². The van der Waals surface area contributed by atoms with E-state index in [0.29, 0.717) is 16.9 Å². The molecule has 0 radical (unpaired) electrons. The molecule has 2 amide bonds. The summed E-state index contributed by atoms with van der Waals surface area (Å²) in [5, 5.41) is 10.1. The smallest absolute Gasteiger partial charge is 0.271 e. The summed E-state index contributed by atoms with van der Waals surface area (Å²) in [6.45, 7) is 1.80. The Morgan fingerprint density at radius 2 is 1.80 bits per heavy atom. The largest absolute Gasteiger partial charge is 0.483 e. The number of carbonyl (C=O) groups is 2. The average Bonchev–Trinajstić information content (AvgIpc) is 3.33. The fourth-order valence-electron chi connectivity index (χ4n) is 3.11. The van der Waals surface area contributed by atoms with Crippen molar-refractivity contribution in [3.8, 4) is 17.0 Å². The van der Waals surface area contributed by atoms with Gasteiger partial charge in [0.2, 0.25) is 0 Å². The highest BCUT2D eigenvalue weighted by Gasteiger charge is 2.09. The van der Waals surface area contributed by atoms with Gasteiger partial charge in [-0.25, -0.2) is 10.4 Å². The molecule has 1 heterocycles. The van der Waals surface area contributed by atoms with Crippen LogP contribution in [0.25, 0.3) is 11.3 Å². The van der Waals surface area contributed by atoms with Crippen LogP contribution in [0.1, 0.15) is 21.5 Å². The van der Waals surface area contributed by atoms with Crippen molar-refractivity contribution in [3.63, 3.8) is 0 Å². The number of benzene rings is 3. The van der Waals surface area contributed by atoms with Crippen LogP contribution < -0.4 is 21.2 Å². The molecule has 0 spiro atoms. The monoisotopic (exact) mass is 485 g/mol. The molecule has 4 rings (SSSR count). The van der Waals surface area contributed by atoms with E-state index in [0.717, 1.165) is 22.1 Å². The number of rotatable bonds is 9. The van der Waals surface area contributed by atoms with Crippen molar-refractivity contribution in [2.45, 2.75) is 6.92 Å². The predicted octanol–water partition coefficient (Wildman–Crippen LogP) is 4.49. The summed E-state index contributed by atoms with van der Waals surface area (Å²) in [6, 6.07) is 22.2. The number of primary amides is 1. The van der Waals surface area contributed by atoms with Crippen LogP contribution in [0, 0.1) is 6.92 Å². The van der Waals surface area contributed by atoms with Gasteiger partial charge < -0.3 is 15.8 Å². The average molecular weight is 486 g/mol. The van der Waals surface area contributed by atoms with Crippen LogP contribution in [0.3, 0.4) is 0 Å². The maximum absolute atomic E-state index is 12.5. The summed E-state index contributed by atoms with van der Waals surface area (Å²) in [5.41, 5.74) is 12.6. The van der Waals surface area contributed by atoms with Gasteiger partial charge in [-0.05, 0) is 43.3 Å². The van der Waals surface area contributed by atoms with Crippen LogP contribution in [-0.4, -0.2) is 29.6 Å². The van der Waals surface area contributed by atoms with Crippen molar-refractivity contribution >= 4 is 40.2 Å². The number of carbonyl (C=O) groups excluding carboxylic acids is 2. The Bertz CT molecular complexity index is 1350. The van der Waals surface area contributed by atoms with Gasteiger partial charge >= 0.3 is 0 Å². The molecule has 0 bridgehead atoms. The molecule has 176 valence electrons. The van der Waals surface area contributed by atoms with Crippen molar-refractivity contribution in [2.24, 2.45) is 10.8 Å². The number of anilines is 2. The standard InChI is InChI=1S/C26H23N5O3S/c1-17-6-12-21(13-7-17)29-26-30-22(16-35-26)18-8-10-19(11-9-18)25(33)31-28-14-20-4-2-3-5-23(20)34-15-24(27)32/h2-14,16H,15H2,1H3,(H2,27,32)(H,29,30)(H,31,33)/b28-14+. The second kappa shape index (κ2) is 11.1. The number of nitrogens with zero attached hydrogens (tertiary/aromatic N) is 2. The lowest BCUT2D eigenvalue weighted by atomic mass is 10.1. The van der Waals surface area contributed by atoms with E-state index in [1.54, 1.807) is 36.4 Å². The molecule has 4 N–H and O–H groups in total. The molecule has 0 saturated heterocycles. The van der Waals surface area contributed by atoms with Crippen molar-refractivity contribution in [1.29, 1.82) is 0 Å². The minimum atomic E-state index is -0.579.